The van der Waals surface area contributed by atoms with Crippen molar-refractivity contribution in [1.29, 1.82) is 0 Å². The van der Waals surface area contributed by atoms with E-state index in [4.69, 9.17) is 19.7 Å². The van der Waals surface area contributed by atoms with Crippen LogP contribution in [0.3, 0.4) is 0 Å². The number of carbonyl (C=O) groups excluding carboxylic acids is 3. The molecule has 0 aliphatic carbocycles. The summed E-state index contributed by atoms with van der Waals surface area (Å²) in [5.41, 5.74) is -1.22. The number of nitrogens with one attached hydrogen (secondary N) is 1. The predicted octanol–water partition coefficient (Wildman–Crippen LogP) is -0.800. The highest BCUT2D eigenvalue weighted by atomic mass is 16.5. The number of hydrogen-bond donors (Lipinski definition) is 3. The first-order valence-corrected chi connectivity index (χ1v) is 7.19. The third-order valence-electron chi connectivity index (χ3n) is 2.84. The molecule has 0 heterocycles. The molecule has 9 heteroatoms. The highest BCUT2D eigenvalue weighted by Crippen LogP contribution is 2.08. The van der Waals surface area contributed by atoms with Gasteiger partial charge >= 0.3 is 18.0 Å². The number of esters is 2. The van der Waals surface area contributed by atoms with Crippen LogP contribution in [0.25, 0.3) is 0 Å². The minimum Gasteiger partial charge on any atom is -0.460 e. The van der Waals surface area contributed by atoms with Gasteiger partial charge in [0.1, 0.15) is 18.8 Å². The third kappa shape index (κ3) is 8.30. The number of ether oxygens (including phenoxy) is 2. The molecule has 3 N–H and O–H groups in total. The first-order chi connectivity index (χ1) is 11.3. The lowest BCUT2D eigenvalue weighted by Crippen LogP contribution is -2.57. The normalized spacial score (nSPS) is 10.5. The Balaban J connectivity index is 5.02. The van der Waals surface area contributed by atoms with Crippen molar-refractivity contribution in [3.05, 3.63) is 25.3 Å². The van der Waals surface area contributed by atoms with Gasteiger partial charge in [0.05, 0.1) is 13.2 Å². The minimum atomic E-state index is -1.22. The zero-order valence-corrected chi connectivity index (χ0v) is 13.7. The van der Waals surface area contributed by atoms with Crippen molar-refractivity contribution in [1.82, 2.24) is 10.2 Å². The van der Waals surface area contributed by atoms with E-state index in [2.05, 4.69) is 18.5 Å². The van der Waals surface area contributed by atoms with E-state index in [0.29, 0.717) is 0 Å². The number of aliphatic hydroxyl groups is 2. The number of nitrogens with zero attached hydrogens (tertiary/aromatic N) is 1. The fraction of sp³-hybridized carbons (Fsp3) is 0.533. The molecular weight excluding hydrogens is 320 g/mol. The van der Waals surface area contributed by atoms with Gasteiger partial charge in [-0.2, -0.15) is 0 Å². The zero-order chi connectivity index (χ0) is 18.6. The topological polar surface area (TPSA) is 125 Å². The van der Waals surface area contributed by atoms with Gasteiger partial charge in [-0.15, -0.1) is 0 Å². The molecule has 0 bridgehead atoms. The van der Waals surface area contributed by atoms with Gasteiger partial charge in [-0.1, -0.05) is 13.2 Å². The summed E-state index contributed by atoms with van der Waals surface area (Å²) in [5.74, 6) is -1.40. The summed E-state index contributed by atoms with van der Waals surface area (Å²) < 4.78 is 9.83. The Morgan fingerprint density at radius 2 is 1.46 bits per heavy atom. The molecule has 0 aromatic rings. The summed E-state index contributed by atoms with van der Waals surface area (Å²) in [6.45, 7) is 6.90. The van der Waals surface area contributed by atoms with Gasteiger partial charge in [-0.3, -0.25) is 0 Å². The molecule has 0 aliphatic rings. The SMILES string of the molecule is C=CC(=O)OCC(C)(COC(=O)C=C)NC(=O)N(CCO)CCO. The van der Waals surface area contributed by atoms with E-state index >= 15 is 0 Å². The summed E-state index contributed by atoms with van der Waals surface area (Å²) in [6, 6.07) is -0.620. The van der Waals surface area contributed by atoms with Crippen molar-refractivity contribution in [2.45, 2.75) is 12.5 Å². The average Bonchev–Trinajstić information content (AvgIpc) is 2.57. The quantitative estimate of drug-likeness (QED) is 0.331. The molecule has 0 aromatic carbocycles. The molecule has 0 saturated heterocycles. The molecular formula is C15H24N2O7. The predicted molar refractivity (Wildman–Crippen MR) is 85.0 cm³/mol. The molecule has 0 saturated carbocycles. The summed E-state index contributed by atoms with van der Waals surface area (Å²) >= 11 is 0. The molecule has 0 spiro atoms. The van der Waals surface area contributed by atoms with E-state index in [0.717, 1.165) is 12.2 Å². The van der Waals surface area contributed by atoms with Crippen molar-refractivity contribution in [3.63, 3.8) is 0 Å². The average molecular weight is 344 g/mol. The molecule has 0 unspecified atom stereocenters. The van der Waals surface area contributed by atoms with E-state index in [-0.39, 0.29) is 39.5 Å². The molecule has 0 aromatic heterocycles. The van der Waals surface area contributed by atoms with Gasteiger partial charge in [-0.05, 0) is 6.92 Å². The van der Waals surface area contributed by atoms with Crippen LogP contribution in [0.4, 0.5) is 4.79 Å². The molecule has 24 heavy (non-hydrogen) atoms. The zero-order valence-electron chi connectivity index (χ0n) is 13.7. The molecule has 2 amide bonds. The van der Waals surface area contributed by atoms with E-state index in [9.17, 15) is 14.4 Å². The first kappa shape index (κ1) is 21.6. The van der Waals surface area contributed by atoms with Gasteiger partial charge < -0.3 is 29.9 Å². The highest BCUT2D eigenvalue weighted by Gasteiger charge is 2.31. The fourth-order valence-corrected chi connectivity index (χ4v) is 1.59. The second kappa shape index (κ2) is 11.2. The maximum Gasteiger partial charge on any atom is 0.330 e. The van der Waals surface area contributed by atoms with Crippen LogP contribution in [0.5, 0.6) is 0 Å². The Labute approximate surface area is 140 Å². The van der Waals surface area contributed by atoms with Gasteiger partial charge in [0.15, 0.2) is 0 Å². The van der Waals surface area contributed by atoms with Crippen LogP contribution in [0.2, 0.25) is 0 Å². The van der Waals surface area contributed by atoms with E-state index in [1.807, 2.05) is 0 Å². The Morgan fingerprint density at radius 1 is 1.04 bits per heavy atom. The number of hydrogen-bond acceptors (Lipinski definition) is 7. The second-order valence-electron chi connectivity index (χ2n) is 5.05. The molecule has 0 radical (unpaired) electrons. The van der Waals surface area contributed by atoms with Crippen molar-refractivity contribution < 1.29 is 34.1 Å². The Kier molecular flexibility index (Phi) is 10.1. The van der Waals surface area contributed by atoms with Crippen LogP contribution in [-0.2, 0) is 19.1 Å². The molecule has 0 fully saturated rings. The standard InChI is InChI=1S/C15H24N2O7/c1-4-12(20)23-10-15(3,11-24-13(21)5-2)16-14(22)17(6-8-18)7-9-19/h4-5,18-19H,1-2,6-11H2,3H3,(H,16,22). The van der Waals surface area contributed by atoms with Crippen molar-refractivity contribution in [2.24, 2.45) is 0 Å². The van der Waals surface area contributed by atoms with Crippen molar-refractivity contribution in [2.75, 3.05) is 39.5 Å². The number of urea groups is 1. The fourth-order valence-electron chi connectivity index (χ4n) is 1.59. The minimum absolute atomic E-state index is 0.00135. The van der Waals surface area contributed by atoms with E-state index in [1.165, 1.54) is 11.8 Å². The van der Waals surface area contributed by atoms with Crippen LogP contribution < -0.4 is 5.32 Å². The number of aliphatic hydroxyl groups excluding tert-OH is 2. The van der Waals surface area contributed by atoms with Crippen LogP contribution in [0.15, 0.2) is 25.3 Å². The molecule has 136 valence electrons. The Hall–Kier alpha value is -2.39. The summed E-state index contributed by atoms with van der Waals surface area (Å²) in [6.07, 6.45) is 1.92. The van der Waals surface area contributed by atoms with Crippen molar-refractivity contribution in [3.8, 4) is 0 Å². The smallest absolute Gasteiger partial charge is 0.330 e. The summed E-state index contributed by atoms with van der Waals surface area (Å²) in [7, 11) is 0. The van der Waals surface area contributed by atoms with Crippen LogP contribution >= 0.6 is 0 Å². The van der Waals surface area contributed by atoms with Crippen molar-refractivity contribution >= 4 is 18.0 Å². The first-order valence-electron chi connectivity index (χ1n) is 7.19. The van der Waals surface area contributed by atoms with E-state index < -0.39 is 23.5 Å². The maximum absolute atomic E-state index is 12.2. The van der Waals surface area contributed by atoms with Crippen LogP contribution in [0, 0.1) is 0 Å². The lowest BCUT2D eigenvalue weighted by atomic mass is 10.1. The summed E-state index contributed by atoms with van der Waals surface area (Å²) in [5, 5.41) is 20.5. The van der Waals surface area contributed by atoms with E-state index in [1.54, 1.807) is 0 Å². The van der Waals surface area contributed by atoms with Gasteiger partial charge in [-0.25, -0.2) is 14.4 Å². The Bertz CT molecular complexity index is 435. The monoisotopic (exact) mass is 344 g/mol. The summed E-state index contributed by atoms with van der Waals surface area (Å²) in [4.78, 5) is 35.9. The number of amides is 2. The largest absolute Gasteiger partial charge is 0.460 e. The van der Waals surface area contributed by atoms with Crippen LogP contribution in [0.1, 0.15) is 6.92 Å². The Morgan fingerprint density at radius 3 is 1.79 bits per heavy atom. The van der Waals surface area contributed by atoms with Gasteiger partial charge in [0.25, 0.3) is 0 Å². The van der Waals surface area contributed by atoms with Gasteiger partial charge in [0.2, 0.25) is 0 Å². The molecule has 0 aliphatic heterocycles. The molecule has 0 rings (SSSR count). The second-order valence-corrected chi connectivity index (χ2v) is 5.05. The number of carbonyl (C=O) groups is 3. The molecule has 9 nitrogen and oxygen atoms in total. The highest BCUT2D eigenvalue weighted by molar-refractivity contribution is 5.82. The number of rotatable bonds is 11. The molecule has 0 atom stereocenters. The lowest BCUT2D eigenvalue weighted by Gasteiger charge is -2.32. The third-order valence-corrected chi connectivity index (χ3v) is 2.84. The maximum atomic E-state index is 12.2. The van der Waals surface area contributed by atoms with Crippen LogP contribution in [-0.4, -0.2) is 78.1 Å². The lowest BCUT2D eigenvalue weighted by molar-refractivity contribution is -0.144. The van der Waals surface area contributed by atoms with Gasteiger partial charge in [0, 0.05) is 25.2 Å².